The number of nitrogens with two attached hydrogens (primary N) is 1. The van der Waals surface area contributed by atoms with E-state index in [0.717, 1.165) is 0 Å². The SMILES string of the molecule is [2H]c1nc(C)c(OC([2H])([2H])[2H])c([2H])c1N. The molecule has 0 aromatic carbocycles. The van der Waals surface area contributed by atoms with Gasteiger partial charge in [-0.2, -0.15) is 0 Å². The van der Waals surface area contributed by atoms with Crippen molar-refractivity contribution in [3.63, 3.8) is 0 Å². The largest absolute Gasteiger partial charge is 0.495 e. The lowest BCUT2D eigenvalue weighted by atomic mass is 10.3. The summed E-state index contributed by atoms with van der Waals surface area (Å²) in [6, 6.07) is -0.316. The maximum atomic E-state index is 7.50. The van der Waals surface area contributed by atoms with Gasteiger partial charge in [-0.25, -0.2) is 0 Å². The number of rotatable bonds is 1. The summed E-state index contributed by atoms with van der Waals surface area (Å²) in [4.78, 5) is 3.66. The Hall–Kier alpha value is -1.25. The molecule has 0 bridgehead atoms. The number of pyridine rings is 1. The standard InChI is InChI=1S/C7H10N2O/c1-5-7(10-2)3-6(8)4-9-5/h3-4H,8H2,1-2H3/i2D3,3D,4D. The highest BCUT2D eigenvalue weighted by atomic mass is 16.5. The lowest BCUT2D eigenvalue weighted by Crippen LogP contribution is -1.93. The van der Waals surface area contributed by atoms with Gasteiger partial charge >= 0.3 is 0 Å². The molecule has 3 heteroatoms. The zero-order valence-corrected chi connectivity index (χ0v) is 5.43. The average molecular weight is 143 g/mol. The molecule has 0 fully saturated rings. The second-order valence-corrected chi connectivity index (χ2v) is 1.78. The minimum Gasteiger partial charge on any atom is -0.495 e. The number of aryl methyl sites for hydroxylation is 1. The van der Waals surface area contributed by atoms with Gasteiger partial charge in [-0.3, -0.25) is 4.98 Å². The van der Waals surface area contributed by atoms with E-state index in [1.165, 1.54) is 6.92 Å². The molecule has 0 saturated carbocycles. The van der Waals surface area contributed by atoms with Crippen molar-refractivity contribution in [1.29, 1.82) is 0 Å². The molecule has 0 aliphatic carbocycles. The van der Waals surface area contributed by atoms with Crippen LogP contribution in [0.2, 0.25) is 0 Å². The number of aromatic nitrogens is 1. The van der Waals surface area contributed by atoms with Crippen molar-refractivity contribution < 1.29 is 11.6 Å². The first kappa shape index (κ1) is 2.78. The summed E-state index contributed by atoms with van der Waals surface area (Å²) in [6.07, 6.45) is -0.254. The molecule has 0 amide bonds. The predicted molar refractivity (Wildman–Crippen MR) is 39.9 cm³/mol. The Balaban J connectivity index is 3.24. The molecule has 1 aromatic heterocycles. The quantitative estimate of drug-likeness (QED) is 0.637. The Bertz CT molecular complexity index is 390. The zero-order valence-electron chi connectivity index (χ0n) is 10.4. The summed E-state index contributed by atoms with van der Waals surface area (Å²) < 4.78 is 40.1. The lowest BCUT2D eigenvalue weighted by molar-refractivity contribution is 0.409. The summed E-state index contributed by atoms with van der Waals surface area (Å²) in [5.41, 5.74) is 5.34. The van der Waals surface area contributed by atoms with Crippen molar-refractivity contribution in [2.75, 3.05) is 12.8 Å². The van der Waals surface area contributed by atoms with Crippen LogP contribution < -0.4 is 10.5 Å². The van der Waals surface area contributed by atoms with Crippen LogP contribution in [0.25, 0.3) is 0 Å². The van der Waals surface area contributed by atoms with Crippen LogP contribution in [0.15, 0.2) is 12.2 Å². The molecular weight excluding hydrogens is 128 g/mol. The Morgan fingerprint density at radius 1 is 1.90 bits per heavy atom. The van der Waals surface area contributed by atoms with Crippen molar-refractivity contribution in [3.05, 3.63) is 17.9 Å². The van der Waals surface area contributed by atoms with Crippen LogP contribution in [-0.2, 0) is 0 Å². The van der Waals surface area contributed by atoms with Crippen LogP contribution in [0.3, 0.4) is 0 Å². The van der Waals surface area contributed by atoms with E-state index < -0.39 is 7.04 Å². The van der Waals surface area contributed by atoms with Gasteiger partial charge < -0.3 is 10.5 Å². The fraction of sp³-hybridized carbons (Fsp3) is 0.286. The molecule has 0 unspecified atom stereocenters. The smallest absolute Gasteiger partial charge is 0.142 e. The number of nitrogens with zero attached hydrogens (tertiary/aromatic N) is 1. The fourth-order valence-electron chi connectivity index (χ4n) is 0.535. The lowest BCUT2D eigenvalue weighted by Gasteiger charge is -2.02. The number of hydrogen-bond donors (Lipinski definition) is 1. The van der Waals surface area contributed by atoms with Gasteiger partial charge in [-0.05, 0) is 6.92 Å². The molecule has 0 radical (unpaired) electrons. The van der Waals surface area contributed by atoms with Gasteiger partial charge in [0.25, 0.3) is 0 Å². The van der Waals surface area contributed by atoms with E-state index in [-0.39, 0.29) is 29.3 Å². The van der Waals surface area contributed by atoms with E-state index in [1.807, 2.05) is 0 Å². The first-order valence-electron chi connectivity index (χ1n) is 5.14. The highest BCUT2D eigenvalue weighted by Gasteiger charge is 1.97. The maximum Gasteiger partial charge on any atom is 0.142 e. The van der Waals surface area contributed by atoms with E-state index in [4.69, 9.17) is 12.6 Å². The van der Waals surface area contributed by atoms with Gasteiger partial charge in [-0.15, -0.1) is 0 Å². The number of anilines is 1. The summed E-state index contributed by atoms with van der Waals surface area (Å²) in [5, 5.41) is 0. The van der Waals surface area contributed by atoms with Gasteiger partial charge in [0.15, 0.2) is 0 Å². The van der Waals surface area contributed by atoms with Crippen LogP contribution in [0, 0.1) is 6.92 Å². The highest BCUT2D eigenvalue weighted by Crippen LogP contribution is 2.16. The molecule has 1 rings (SSSR count). The van der Waals surface area contributed by atoms with E-state index >= 15 is 0 Å². The van der Waals surface area contributed by atoms with E-state index in [0.29, 0.717) is 0 Å². The minimum absolute atomic E-state index is 0.162. The van der Waals surface area contributed by atoms with Crippen LogP contribution in [0.4, 0.5) is 5.69 Å². The average Bonchev–Trinajstić information content (AvgIpc) is 2.07. The number of nitrogen functional groups attached to an aromatic ring is 1. The van der Waals surface area contributed by atoms with E-state index in [1.54, 1.807) is 0 Å². The summed E-state index contributed by atoms with van der Waals surface area (Å²) in [5.74, 6) is -0.205. The molecule has 1 aromatic rings. The third kappa shape index (κ3) is 1.18. The molecular formula is C7H10N2O. The predicted octanol–water partition coefficient (Wildman–Crippen LogP) is 0.981. The number of methoxy groups -OCH3 is 1. The molecule has 10 heavy (non-hydrogen) atoms. The summed E-state index contributed by atoms with van der Waals surface area (Å²) >= 11 is 0. The van der Waals surface area contributed by atoms with Crippen molar-refractivity contribution in [1.82, 2.24) is 4.98 Å². The Morgan fingerprint density at radius 2 is 2.70 bits per heavy atom. The van der Waals surface area contributed by atoms with Gasteiger partial charge in [0, 0.05) is 6.04 Å². The first-order chi connectivity index (χ1) is 6.72. The second-order valence-electron chi connectivity index (χ2n) is 1.78. The third-order valence-corrected chi connectivity index (χ3v) is 1.02. The Morgan fingerprint density at radius 3 is 3.40 bits per heavy atom. The van der Waals surface area contributed by atoms with E-state index in [9.17, 15) is 0 Å². The van der Waals surface area contributed by atoms with Crippen molar-refractivity contribution >= 4 is 5.69 Å². The second kappa shape index (κ2) is 2.56. The van der Waals surface area contributed by atoms with E-state index in [2.05, 4.69) is 9.72 Å². The molecule has 54 valence electrons. The summed E-state index contributed by atoms with van der Waals surface area (Å²) in [7, 11) is -2.65. The zero-order chi connectivity index (χ0) is 11.8. The molecule has 0 atom stereocenters. The van der Waals surface area contributed by atoms with Gasteiger partial charge in [0.2, 0.25) is 0 Å². The molecule has 3 nitrogen and oxygen atoms in total. The topological polar surface area (TPSA) is 48.1 Å². The van der Waals surface area contributed by atoms with Crippen LogP contribution >= 0.6 is 0 Å². The van der Waals surface area contributed by atoms with Crippen LogP contribution in [-0.4, -0.2) is 12.0 Å². The molecule has 0 spiro atoms. The molecule has 2 N–H and O–H groups in total. The molecule has 1 heterocycles. The number of hydrogen-bond acceptors (Lipinski definition) is 3. The Labute approximate surface area is 66.9 Å². The highest BCUT2D eigenvalue weighted by molar-refractivity contribution is 5.43. The molecule has 0 saturated heterocycles. The van der Waals surface area contributed by atoms with Crippen molar-refractivity contribution in [3.8, 4) is 5.75 Å². The summed E-state index contributed by atoms with van der Waals surface area (Å²) in [6.45, 7) is 1.45. The first-order valence-corrected chi connectivity index (χ1v) is 2.64. The van der Waals surface area contributed by atoms with Crippen LogP contribution in [0.5, 0.6) is 5.75 Å². The van der Waals surface area contributed by atoms with Crippen LogP contribution in [0.1, 0.15) is 12.5 Å². The Kier molecular flexibility index (Phi) is 0.711. The van der Waals surface area contributed by atoms with Crippen molar-refractivity contribution in [2.45, 2.75) is 6.92 Å². The fourth-order valence-corrected chi connectivity index (χ4v) is 0.535. The van der Waals surface area contributed by atoms with Gasteiger partial charge in [0.05, 0.1) is 31.4 Å². The number of ether oxygens (including phenoxy) is 1. The van der Waals surface area contributed by atoms with Crippen molar-refractivity contribution in [2.24, 2.45) is 0 Å². The normalized spacial score (nSPS) is 17.9. The monoisotopic (exact) mass is 143 g/mol. The van der Waals surface area contributed by atoms with Gasteiger partial charge in [-0.1, -0.05) is 0 Å². The molecule has 0 aliphatic rings. The maximum absolute atomic E-state index is 7.50. The minimum atomic E-state index is -2.65. The molecule has 0 aliphatic heterocycles. The van der Waals surface area contributed by atoms with Gasteiger partial charge in [0.1, 0.15) is 5.75 Å². The third-order valence-electron chi connectivity index (χ3n) is 1.02.